The zero-order valence-corrected chi connectivity index (χ0v) is 22.1. The van der Waals surface area contributed by atoms with Gasteiger partial charge in [-0.15, -0.1) is 0 Å². The molecule has 2 aromatic carbocycles. The van der Waals surface area contributed by atoms with Gasteiger partial charge in [0, 0.05) is 25.3 Å². The normalized spacial score (nSPS) is 11.6. The molecule has 35 heavy (non-hydrogen) atoms. The van der Waals surface area contributed by atoms with Crippen molar-refractivity contribution in [3.63, 3.8) is 0 Å². The van der Waals surface area contributed by atoms with Crippen molar-refractivity contribution in [2.45, 2.75) is 5.09 Å². The molecular formula is C23H21N4NaO6S. The Morgan fingerprint density at radius 1 is 1.00 bits per heavy atom. The predicted octanol–water partition coefficient (Wildman–Crippen LogP) is -0.825. The summed E-state index contributed by atoms with van der Waals surface area (Å²) >= 11 is 0. The molecule has 1 heterocycles. The molecule has 2 amide bonds. The standard InChI is InChI=1S/C23H22N4O6S.Na/c1-27(2)18-10-8-16(9-11-18)14-20(25-22(28)17-6-4-3-5-7-17)23(29)26-24-15-19-12-13-21(33-19)34(30,31)32;/h3-15H,1-2H3,(H,25,28)(H,26,29)(H,30,31,32);/q;+1/p-1/b20-14+,24-15+;. The Bertz CT molecular complexity index is 1330. The van der Waals surface area contributed by atoms with E-state index in [0.717, 1.165) is 18.0 Å². The molecule has 0 radical (unpaired) electrons. The third kappa shape index (κ3) is 8.19. The second kappa shape index (κ2) is 12.5. The number of hydrogen-bond acceptors (Lipinski definition) is 8. The topological polar surface area (TPSA) is 144 Å². The first kappa shape index (κ1) is 28.0. The largest absolute Gasteiger partial charge is 1.00 e. The fraction of sp³-hybridized carbons (Fsp3) is 0.0870. The van der Waals surface area contributed by atoms with E-state index in [1.54, 1.807) is 42.5 Å². The third-order valence-electron chi connectivity index (χ3n) is 4.46. The van der Waals surface area contributed by atoms with Crippen molar-refractivity contribution in [1.82, 2.24) is 10.7 Å². The first-order valence-electron chi connectivity index (χ1n) is 9.88. The van der Waals surface area contributed by atoms with Crippen LogP contribution in [0.25, 0.3) is 6.08 Å². The molecule has 2 N–H and O–H groups in total. The Balaban J connectivity index is 0.00000432. The average molecular weight is 505 g/mol. The number of furan rings is 1. The van der Waals surface area contributed by atoms with Crippen molar-refractivity contribution in [1.29, 1.82) is 0 Å². The smallest absolute Gasteiger partial charge is 0.742 e. The molecular weight excluding hydrogens is 483 g/mol. The van der Waals surface area contributed by atoms with Crippen molar-refractivity contribution >= 4 is 39.9 Å². The van der Waals surface area contributed by atoms with E-state index in [4.69, 9.17) is 4.42 Å². The zero-order chi connectivity index (χ0) is 24.7. The van der Waals surface area contributed by atoms with Crippen molar-refractivity contribution in [2.24, 2.45) is 5.10 Å². The van der Waals surface area contributed by atoms with Gasteiger partial charge in [-0.3, -0.25) is 9.59 Å². The summed E-state index contributed by atoms with van der Waals surface area (Å²) < 4.78 is 37.7. The fourth-order valence-electron chi connectivity index (χ4n) is 2.73. The molecule has 0 aliphatic rings. The number of hydrazone groups is 1. The summed E-state index contributed by atoms with van der Waals surface area (Å²) in [6.45, 7) is 0. The fourth-order valence-corrected chi connectivity index (χ4v) is 3.16. The number of hydrogen-bond donors (Lipinski definition) is 2. The van der Waals surface area contributed by atoms with Crippen molar-refractivity contribution in [3.05, 3.63) is 89.3 Å². The zero-order valence-electron chi connectivity index (χ0n) is 19.3. The van der Waals surface area contributed by atoms with Crippen LogP contribution in [0.2, 0.25) is 0 Å². The van der Waals surface area contributed by atoms with E-state index in [1.807, 2.05) is 31.1 Å². The van der Waals surface area contributed by atoms with E-state index in [2.05, 4.69) is 15.8 Å². The van der Waals surface area contributed by atoms with Crippen LogP contribution in [0.4, 0.5) is 5.69 Å². The van der Waals surface area contributed by atoms with Gasteiger partial charge < -0.3 is 19.2 Å². The van der Waals surface area contributed by atoms with Gasteiger partial charge in [0.15, 0.2) is 10.1 Å². The van der Waals surface area contributed by atoms with E-state index in [1.165, 1.54) is 12.1 Å². The maximum Gasteiger partial charge on any atom is 1.00 e. The van der Waals surface area contributed by atoms with E-state index in [-0.39, 0.29) is 41.0 Å². The van der Waals surface area contributed by atoms with Gasteiger partial charge >= 0.3 is 29.6 Å². The summed E-state index contributed by atoms with van der Waals surface area (Å²) in [6, 6.07) is 17.8. The number of amides is 2. The molecule has 0 saturated heterocycles. The quantitative estimate of drug-likeness (QED) is 0.134. The van der Waals surface area contributed by atoms with Crippen LogP contribution in [0.1, 0.15) is 21.7 Å². The van der Waals surface area contributed by atoms with Crippen LogP contribution in [0.3, 0.4) is 0 Å². The molecule has 0 spiro atoms. The molecule has 12 heteroatoms. The molecule has 1 aromatic heterocycles. The predicted molar refractivity (Wildman–Crippen MR) is 125 cm³/mol. The Morgan fingerprint density at radius 3 is 2.23 bits per heavy atom. The maximum atomic E-state index is 12.8. The minimum Gasteiger partial charge on any atom is -0.742 e. The van der Waals surface area contributed by atoms with Gasteiger partial charge in [0.25, 0.3) is 11.8 Å². The average Bonchev–Trinajstić information content (AvgIpc) is 3.29. The van der Waals surface area contributed by atoms with Crippen molar-refractivity contribution in [2.75, 3.05) is 19.0 Å². The van der Waals surface area contributed by atoms with E-state index < -0.39 is 27.0 Å². The minimum absolute atomic E-state index is 0. The molecule has 3 aromatic rings. The Kier molecular flexibility index (Phi) is 9.99. The Labute approximate surface area is 224 Å². The molecule has 0 unspecified atom stereocenters. The van der Waals surface area contributed by atoms with Gasteiger partial charge in [-0.1, -0.05) is 30.3 Å². The van der Waals surface area contributed by atoms with Crippen LogP contribution < -0.4 is 45.2 Å². The minimum atomic E-state index is -4.75. The number of benzene rings is 2. The molecule has 0 fully saturated rings. The molecule has 10 nitrogen and oxygen atoms in total. The number of nitrogens with one attached hydrogen (secondary N) is 2. The third-order valence-corrected chi connectivity index (χ3v) is 5.17. The molecule has 176 valence electrons. The van der Waals surface area contributed by atoms with Crippen LogP contribution in [0, 0.1) is 0 Å². The van der Waals surface area contributed by atoms with Gasteiger partial charge in [-0.2, -0.15) is 5.10 Å². The van der Waals surface area contributed by atoms with Gasteiger partial charge in [0.05, 0.1) is 6.21 Å². The van der Waals surface area contributed by atoms with Gasteiger partial charge in [0.1, 0.15) is 11.5 Å². The monoisotopic (exact) mass is 504 g/mol. The van der Waals surface area contributed by atoms with Crippen molar-refractivity contribution in [3.8, 4) is 0 Å². The molecule has 0 atom stereocenters. The van der Waals surface area contributed by atoms with Crippen LogP contribution in [-0.2, 0) is 14.9 Å². The van der Waals surface area contributed by atoms with Crippen LogP contribution in [0.5, 0.6) is 0 Å². The first-order chi connectivity index (χ1) is 16.1. The van der Waals surface area contributed by atoms with E-state index in [0.29, 0.717) is 11.1 Å². The summed E-state index contributed by atoms with van der Waals surface area (Å²) in [5.41, 5.74) is 4.13. The molecule has 0 saturated carbocycles. The molecule has 0 bridgehead atoms. The van der Waals surface area contributed by atoms with Crippen LogP contribution in [0.15, 0.2) is 87.0 Å². The summed E-state index contributed by atoms with van der Waals surface area (Å²) in [5.74, 6) is -1.29. The van der Waals surface area contributed by atoms with E-state index >= 15 is 0 Å². The molecule has 0 aliphatic heterocycles. The molecule has 0 aliphatic carbocycles. The SMILES string of the molecule is CN(C)c1ccc(/C=C(/NC(=O)c2ccccc2)C(=O)N/N=C/c2ccc(S(=O)(=O)[O-])o2)cc1.[Na+]. The number of rotatable bonds is 8. The number of nitrogens with zero attached hydrogens (tertiary/aromatic N) is 2. The second-order valence-electron chi connectivity index (χ2n) is 7.17. The van der Waals surface area contributed by atoms with Crippen LogP contribution >= 0.6 is 0 Å². The Hall–Kier alpha value is -3.22. The summed E-state index contributed by atoms with van der Waals surface area (Å²) in [7, 11) is -0.947. The van der Waals surface area contributed by atoms with Gasteiger partial charge in [0.2, 0.25) is 5.09 Å². The second-order valence-corrected chi connectivity index (χ2v) is 8.48. The van der Waals surface area contributed by atoms with Gasteiger partial charge in [-0.05, 0) is 48.0 Å². The van der Waals surface area contributed by atoms with Crippen LogP contribution in [-0.4, -0.2) is 45.1 Å². The number of carbonyl (C=O) groups excluding carboxylic acids is 2. The van der Waals surface area contributed by atoms with Crippen molar-refractivity contribution < 1.29 is 56.5 Å². The first-order valence-corrected chi connectivity index (χ1v) is 11.3. The number of carbonyl (C=O) groups is 2. The van der Waals surface area contributed by atoms with Gasteiger partial charge in [-0.25, -0.2) is 13.8 Å². The summed E-state index contributed by atoms with van der Waals surface area (Å²) in [4.78, 5) is 27.3. The number of anilines is 1. The van der Waals surface area contributed by atoms with E-state index in [9.17, 15) is 22.6 Å². The Morgan fingerprint density at radius 2 is 1.66 bits per heavy atom. The molecule has 3 rings (SSSR count). The summed E-state index contributed by atoms with van der Waals surface area (Å²) in [6.07, 6.45) is 2.51. The summed E-state index contributed by atoms with van der Waals surface area (Å²) in [5, 5.41) is 5.51. The maximum absolute atomic E-state index is 12.8.